The highest BCUT2D eigenvalue weighted by Gasteiger charge is 2.40. The first-order valence-corrected chi connectivity index (χ1v) is 11.8. The molecule has 1 aliphatic rings. The summed E-state index contributed by atoms with van der Waals surface area (Å²) in [5.41, 5.74) is 0.991. The van der Waals surface area contributed by atoms with Gasteiger partial charge in [-0.25, -0.2) is 8.42 Å². The summed E-state index contributed by atoms with van der Waals surface area (Å²) in [4.78, 5) is 14.9. The lowest BCUT2D eigenvalue weighted by molar-refractivity contribution is -0.151. The molecule has 0 amide bonds. The lowest BCUT2D eigenvalue weighted by atomic mass is 10.0. The van der Waals surface area contributed by atoms with Gasteiger partial charge in [0, 0.05) is 13.1 Å². The van der Waals surface area contributed by atoms with E-state index in [1.165, 1.54) is 7.11 Å². The molecule has 2 unspecified atom stereocenters. The van der Waals surface area contributed by atoms with Gasteiger partial charge in [0.2, 0.25) is 0 Å². The minimum Gasteiger partial charge on any atom is -0.497 e. The third kappa shape index (κ3) is 5.37. The first kappa shape index (κ1) is 23.1. The van der Waals surface area contributed by atoms with Gasteiger partial charge >= 0.3 is 5.97 Å². The van der Waals surface area contributed by atoms with Gasteiger partial charge in [-0.15, -0.1) is 0 Å². The van der Waals surface area contributed by atoms with Crippen molar-refractivity contribution in [2.24, 2.45) is 0 Å². The minimum atomic E-state index is -3.59. The maximum Gasteiger partial charge on any atom is 0.323 e. The molecule has 3 rings (SSSR count). The number of rotatable bonds is 8. The standard InChI is InChI=1S/C23H29NO6S/c1-4-30-23(25)22-15-21(31(26,27)20-10-8-18(28-2)9-11-20)12-13-24(22)16-17-6-5-7-19(14-17)29-3/h5-11,14,21-22H,4,12-13,15-16H2,1-3H3. The van der Waals surface area contributed by atoms with E-state index in [4.69, 9.17) is 14.2 Å². The number of nitrogens with zero attached hydrogens (tertiary/aromatic N) is 1. The highest BCUT2D eigenvalue weighted by molar-refractivity contribution is 7.92. The maximum absolute atomic E-state index is 13.2. The van der Waals surface area contributed by atoms with Crippen LogP contribution in [0.4, 0.5) is 0 Å². The smallest absolute Gasteiger partial charge is 0.323 e. The van der Waals surface area contributed by atoms with Gasteiger partial charge < -0.3 is 14.2 Å². The van der Waals surface area contributed by atoms with Crippen LogP contribution in [0, 0.1) is 0 Å². The van der Waals surface area contributed by atoms with Crippen molar-refractivity contribution in [2.75, 3.05) is 27.4 Å². The summed E-state index contributed by atoms with van der Waals surface area (Å²) >= 11 is 0. The Hall–Kier alpha value is -2.58. The van der Waals surface area contributed by atoms with Crippen LogP contribution in [0.3, 0.4) is 0 Å². The number of likely N-dealkylation sites (tertiary alicyclic amines) is 1. The van der Waals surface area contributed by atoms with Crippen LogP contribution >= 0.6 is 0 Å². The summed E-state index contributed by atoms with van der Waals surface area (Å²) in [6.07, 6.45) is 0.630. The molecule has 0 N–H and O–H groups in total. The van der Waals surface area contributed by atoms with E-state index in [0.717, 1.165) is 11.3 Å². The van der Waals surface area contributed by atoms with E-state index in [9.17, 15) is 13.2 Å². The Bertz CT molecular complexity index is 989. The van der Waals surface area contributed by atoms with Crippen LogP contribution in [0.15, 0.2) is 53.4 Å². The molecule has 0 saturated carbocycles. The Balaban J connectivity index is 1.81. The summed E-state index contributed by atoms with van der Waals surface area (Å²) < 4.78 is 42.1. The number of ether oxygens (including phenoxy) is 3. The summed E-state index contributed by atoms with van der Waals surface area (Å²) in [6, 6.07) is 13.4. The lowest BCUT2D eigenvalue weighted by Gasteiger charge is -2.37. The van der Waals surface area contributed by atoms with Crippen molar-refractivity contribution in [1.82, 2.24) is 4.90 Å². The summed E-state index contributed by atoms with van der Waals surface area (Å²) in [7, 11) is -0.445. The highest BCUT2D eigenvalue weighted by atomic mass is 32.2. The van der Waals surface area contributed by atoms with Gasteiger partial charge in [-0.2, -0.15) is 0 Å². The largest absolute Gasteiger partial charge is 0.497 e. The van der Waals surface area contributed by atoms with Crippen molar-refractivity contribution in [2.45, 2.75) is 42.5 Å². The zero-order chi connectivity index (χ0) is 22.4. The molecule has 1 saturated heterocycles. The number of benzene rings is 2. The van der Waals surface area contributed by atoms with Crippen LogP contribution in [-0.2, 0) is 25.9 Å². The lowest BCUT2D eigenvalue weighted by Crippen LogP contribution is -2.50. The van der Waals surface area contributed by atoms with Crippen LogP contribution in [-0.4, -0.2) is 58.0 Å². The Labute approximate surface area is 183 Å². The van der Waals surface area contributed by atoms with Gasteiger partial charge in [-0.1, -0.05) is 12.1 Å². The Morgan fingerprint density at radius 3 is 2.42 bits per heavy atom. The number of piperidine rings is 1. The van der Waals surface area contributed by atoms with Crippen molar-refractivity contribution in [3.05, 3.63) is 54.1 Å². The van der Waals surface area contributed by atoms with Crippen molar-refractivity contribution >= 4 is 15.8 Å². The number of esters is 1. The third-order valence-corrected chi connectivity index (χ3v) is 7.81. The predicted molar refractivity (Wildman–Crippen MR) is 117 cm³/mol. The predicted octanol–water partition coefficient (Wildman–Crippen LogP) is 3.07. The van der Waals surface area contributed by atoms with E-state index in [1.807, 2.05) is 29.2 Å². The second kappa shape index (κ2) is 10.2. The molecule has 31 heavy (non-hydrogen) atoms. The van der Waals surface area contributed by atoms with Gasteiger partial charge in [0.05, 0.1) is 31.0 Å². The van der Waals surface area contributed by atoms with E-state index in [1.54, 1.807) is 38.3 Å². The number of hydrogen-bond donors (Lipinski definition) is 0. The molecule has 7 nitrogen and oxygen atoms in total. The number of hydrogen-bond acceptors (Lipinski definition) is 7. The summed E-state index contributed by atoms with van der Waals surface area (Å²) in [5, 5.41) is -0.656. The van der Waals surface area contributed by atoms with E-state index in [2.05, 4.69) is 0 Å². The Morgan fingerprint density at radius 2 is 1.77 bits per heavy atom. The second-order valence-electron chi connectivity index (χ2n) is 7.46. The normalized spacial score (nSPS) is 19.6. The Kier molecular flexibility index (Phi) is 7.56. The molecule has 1 fully saturated rings. The molecule has 0 aromatic heterocycles. The van der Waals surface area contributed by atoms with E-state index in [0.29, 0.717) is 25.3 Å². The first-order chi connectivity index (χ1) is 14.9. The molecule has 2 aromatic rings. The highest BCUT2D eigenvalue weighted by Crippen LogP contribution is 2.30. The van der Waals surface area contributed by atoms with Crippen molar-refractivity contribution in [3.63, 3.8) is 0 Å². The molecule has 0 spiro atoms. The zero-order valence-electron chi connectivity index (χ0n) is 18.1. The fourth-order valence-electron chi connectivity index (χ4n) is 3.90. The van der Waals surface area contributed by atoms with Crippen molar-refractivity contribution < 1.29 is 27.4 Å². The average molecular weight is 448 g/mol. The number of carbonyl (C=O) groups is 1. The molecule has 2 atom stereocenters. The van der Waals surface area contributed by atoms with Crippen LogP contribution in [0.2, 0.25) is 0 Å². The molecule has 0 radical (unpaired) electrons. The topological polar surface area (TPSA) is 82.1 Å². The molecule has 1 heterocycles. The fourth-order valence-corrected chi connectivity index (χ4v) is 5.65. The third-order valence-electron chi connectivity index (χ3n) is 5.57. The molecular weight excluding hydrogens is 418 g/mol. The van der Waals surface area contributed by atoms with Crippen LogP contribution < -0.4 is 9.47 Å². The minimum absolute atomic E-state index is 0.192. The monoisotopic (exact) mass is 447 g/mol. The molecule has 8 heteroatoms. The van der Waals surface area contributed by atoms with Gasteiger partial charge in [-0.05, 0) is 61.7 Å². The Morgan fingerprint density at radius 1 is 1.06 bits per heavy atom. The summed E-state index contributed by atoms with van der Waals surface area (Å²) in [5.74, 6) is 0.943. The average Bonchev–Trinajstić information content (AvgIpc) is 2.79. The summed E-state index contributed by atoms with van der Waals surface area (Å²) in [6.45, 7) is 2.98. The fraction of sp³-hybridized carbons (Fsp3) is 0.435. The van der Waals surface area contributed by atoms with E-state index >= 15 is 0 Å². The first-order valence-electron chi connectivity index (χ1n) is 10.3. The quantitative estimate of drug-likeness (QED) is 0.575. The molecule has 1 aliphatic heterocycles. The SMILES string of the molecule is CCOC(=O)C1CC(S(=O)(=O)c2ccc(OC)cc2)CCN1Cc1cccc(OC)c1. The number of methoxy groups -OCH3 is 2. The van der Waals surface area contributed by atoms with Crippen LogP contribution in [0.1, 0.15) is 25.3 Å². The molecule has 0 aliphatic carbocycles. The zero-order valence-corrected chi connectivity index (χ0v) is 18.9. The van der Waals surface area contributed by atoms with Gasteiger partial charge in [0.15, 0.2) is 9.84 Å². The molecular formula is C23H29NO6S. The molecule has 2 aromatic carbocycles. The van der Waals surface area contributed by atoms with E-state index < -0.39 is 21.1 Å². The molecule has 168 valence electrons. The van der Waals surface area contributed by atoms with Gasteiger partial charge in [-0.3, -0.25) is 9.69 Å². The molecule has 0 bridgehead atoms. The van der Waals surface area contributed by atoms with Gasteiger partial charge in [0.25, 0.3) is 0 Å². The van der Waals surface area contributed by atoms with Crippen molar-refractivity contribution in [1.29, 1.82) is 0 Å². The van der Waals surface area contributed by atoms with Crippen LogP contribution in [0.5, 0.6) is 11.5 Å². The van der Waals surface area contributed by atoms with Gasteiger partial charge in [0.1, 0.15) is 17.5 Å². The number of sulfone groups is 1. The van der Waals surface area contributed by atoms with E-state index in [-0.39, 0.29) is 23.9 Å². The van der Waals surface area contributed by atoms with Crippen LogP contribution in [0.25, 0.3) is 0 Å². The van der Waals surface area contributed by atoms with Crippen molar-refractivity contribution in [3.8, 4) is 11.5 Å². The second-order valence-corrected chi connectivity index (χ2v) is 9.68. The number of carbonyl (C=O) groups excluding carboxylic acids is 1. The maximum atomic E-state index is 13.2.